The Hall–Kier alpha value is -2.90. The molecule has 2 atom stereocenters. The van der Waals surface area contributed by atoms with E-state index in [0.717, 1.165) is 19.3 Å². The molecule has 5 fully saturated rings. The van der Waals surface area contributed by atoms with E-state index >= 15 is 0 Å². The normalized spacial score (nSPS) is 31.5. The van der Waals surface area contributed by atoms with Gasteiger partial charge < -0.3 is 18.9 Å². The summed E-state index contributed by atoms with van der Waals surface area (Å²) in [7, 11) is 1.44. The monoisotopic (exact) mass is 479 g/mol. The van der Waals surface area contributed by atoms with E-state index in [1.807, 2.05) is 43.9 Å². The van der Waals surface area contributed by atoms with Crippen LogP contribution in [0.15, 0.2) is 34.9 Å². The number of amides is 1. The van der Waals surface area contributed by atoms with E-state index in [2.05, 4.69) is 17.3 Å². The van der Waals surface area contributed by atoms with Crippen molar-refractivity contribution < 1.29 is 23.6 Å². The molecule has 0 aliphatic heterocycles. The van der Waals surface area contributed by atoms with Crippen molar-refractivity contribution in [2.75, 3.05) is 13.7 Å². The fraction of sp³-hybridized carbons (Fsp3) is 0.630. The highest BCUT2D eigenvalue weighted by Crippen LogP contribution is 2.73. The molecule has 0 spiro atoms. The minimum absolute atomic E-state index is 0.105. The average Bonchev–Trinajstić information content (AvgIpc) is 3.67. The predicted octanol–water partition coefficient (Wildman–Crippen LogP) is 4.49. The zero-order chi connectivity index (χ0) is 24.6. The Morgan fingerprint density at radius 1 is 1.14 bits per heavy atom. The summed E-state index contributed by atoms with van der Waals surface area (Å²) in [4.78, 5) is 32.1. The molecule has 1 unspecified atom stereocenters. The molecule has 186 valence electrons. The highest BCUT2D eigenvalue weighted by atomic mass is 16.6. The molecular weight excluding hydrogens is 446 g/mol. The van der Waals surface area contributed by atoms with Gasteiger partial charge in [-0.25, -0.2) is 4.79 Å². The van der Waals surface area contributed by atoms with Crippen LogP contribution in [0.3, 0.4) is 0 Å². The number of hydrogen-bond donors (Lipinski definition) is 0. The third-order valence-corrected chi connectivity index (χ3v) is 8.34. The maximum Gasteiger partial charge on any atom is 0.410 e. The molecule has 1 amide bonds. The maximum absolute atomic E-state index is 13.3. The second-order valence-electron chi connectivity index (χ2n) is 12.2. The SMILES string of the molecule is COC(=O)C12CC(c3nc(C4(CN(C(=O)OC(C)(C)C)[C@H]5CC5c5ccccc5)CC4)no3)(C1)C2. The minimum atomic E-state index is -0.567. The largest absolute Gasteiger partial charge is 0.469 e. The molecule has 2 bridgehead atoms. The van der Waals surface area contributed by atoms with Crippen LogP contribution in [-0.2, 0) is 25.1 Å². The van der Waals surface area contributed by atoms with Crippen LogP contribution in [0, 0.1) is 5.41 Å². The number of benzene rings is 1. The standard InChI is InChI=1S/C27H33N3O5/c1-24(2,3)34-23(32)30(19-12-18(19)17-8-6-5-7-9-17)16-25(10-11-25)20-28-21(35-29-20)26-13-27(14-26,15-26)22(31)33-4/h5-9,18-19H,10-16H2,1-4H3/t18?,19-,26?,27?/m0/s1. The molecule has 5 aliphatic rings. The Morgan fingerprint density at radius 3 is 2.43 bits per heavy atom. The molecule has 8 nitrogen and oxygen atoms in total. The molecule has 35 heavy (non-hydrogen) atoms. The van der Waals surface area contributed by atoms with E-state index in [0.29, 0.717) is 43.4 Å². The summed E-state index contributed by atoms with van der Waals surface area (Å²) >= 11 is 0. The molecule has 1 heterocycles. The molecule has 1 aromatic heterocycles. The van der Waals surface area contributed by atoms with Gasteiger partial charge in [0.1, 0.15) is 5.60 Å². The van der Waals surface area contributed by atoms with Crippen molar-refractivity contribution in [3.05, 3.63) is 47.6 Å². The number of methoxy groups -OCH3 is 1. The van der Waals surface area contributed by atoms with Crippen molar-refractivity contribution in [3.63, 3.8) is 0 Å². The van der Waals surface area contributed by atoms with Gasteiger partial charge in [0.2, 0.25) is 5.89 Å². The van der Waals surface area contributed by atoms with Gasteiger partial charge in [-0.2, -0.15) is 4.98 Å². The first-order valence-corrected chi connectivity index (χ1v) is 12.6. The number of rotatable bonds is 7. The number of aromatic nitrogens is 2. The van der Waals surface area contributed by atoms with Gasteiger partial charge in [-0.15, -0.1) is 0 Å². The second-order valence-corrected chi connectivity index (χ2v) is 12.2. The fourth-order valence-corrected chi connectivity index (χ4v) is 6.25. The average molecular weight is 480 g/mol. The first-order valence-electron chi connectivity index (χ1n) is 12.6. The summed E-state index contributed by atoms with van der Waals surface area (Å²) < 4.78 is 16.5. The Kier molecular flexibility index (Phi) is 4.71. The summed E-state index contributed by atoms with van der Waals surface area (Å²) in [6, 6.07) is 10.5. The van der Waals surface area contributed by atoms with E-state index in [1.165, 1.54) is 12.7 Å². The van der Waals surface area contributed by atoms with Crippen molar-refractivity contribution in [1.82, 2.24) is 15.0 Å². The Bertz CT molecular complexity index is 1140. The van der Waals surface area contributed by atoms with Crippen molar-refractivity contribution in [2.24, 2.45) is 5.41 Å². The van der Waals surface area contributed by atoms with Crippen LogP contribution >= 0.6 is 0 Å². The molecule has 8 heteroatoms. The van der Waals surface area contributed by atoms with Crippen LogP contribution in [0.1, 0.15) is 82.5 Å². The predicted molar refractivity (Wildman–Crippen MR) is 126 cm³/mol. The highest BCUT2D eigenvalue weighted by molar-refractivity contribution is 5.82. The summed E-state index contributed by atoms with van der Waals surface area (Å²) in [5, 5.41) is 4.37. The number of hydrogen-bond acceptors (Lipinski definition) is 7. The van der Waals surface area contributed by atoms with Crippen molar-refractivity contribution in [1.29, 1.82) is 0 Å². The summed E-state index contributed by atoms with van der Waals surface area (Å²) in [5.41, 5.74) is -0.156. The van der Waals surface area contributed by atoms with Crippen LogP contribution < -0.4 is 0 Å². The van der Waals surface area contributed by atoms with Gasteiger partial charge in [-0.3, -0.25) is 4.79 Å². The van der Waals surface area contributed by atoms with Crippen LogP contribution in [0.2, 0.25) is 0 Å². The molecule has 2 aromatic rings. The topological polar surface area (TPSA) is 94.8 Å². The molecule has 0 N–H and O–H groups in total. The van der Waals surface area contributed by atoms with Crippen molar-refractivity contribution in [2.45, 2.75) is 87.7 Å². The Morgan fingerprint density at radius 2 is 1.83 bits per heavy atom. The van der Waals surface area contributed by atoms with E-state index in [4.69, 9.17) is 19.0 Å². The van der Waals surface area contributed by atoms with E-state index < -0.39 is 5.60 Å². The number of carbonyl (C=O) groups is 2. The van der Waals surface area contributed by atoms with Gasteiger partial charge in [-0.05, 0) is 64.9 Å². The maximum atomic E-state index is 13.3. The minimum Gasteiger partial charge on any atom is -0.469 e. The quantitative estimate of drug-likeness (QED) is 0.540. The molecule has 0 saturated heterocycles. The number of esters is 1. The van der Waals surface area contributed by atoms with Gasteiger partial charge in [-0.1, -0.05) is 35.5 Å². The smallest absolute Gasteiger partial charge is 0.410 e. The van der Waals surface area contributed by atoms with Gasteiger partial charge in [0.25, 0.3) is 0 Å². The summed E-state index contributed by atoms with van der Waals surface area (Å²) in [6.07, 6.45) is 4.61. The Labute approximate surface area is 205 Å². The van der Waals surface area contributed by atoms with Crippen LogP contribution in [0.25, 0.3) is 0 Å². The number of ether oxygens (including phenoxy) is 2. The van der Waals surface area contributed by atoms with Gasteiger partial charge >= 0.3 is 12.1 Å². The lowest BCUT2D eigenvalue weighted by Crippen LogP contribution is -2.68. The van der Waals surface area contributed by atoms with Gasteiger partial charge in [0, 0.05) is 18.5 Å². The fourth-order valence-electron chi connectivity index (χ4n) is 6.25. The molecule has 7 rings (SSSR count). The van der Waals surface area contributed by atoms with E-state index in [-0.39, 0.29) is 34.3 Å². The Balaban J connectivity index is 1.19. The van der Waals surface area contributed by atoms with Crippen molar-refractivity contribution in [3.8, 4) is 0 Å². The highest BCUT2D eigenvalue weighted by Gasteiger charge is 2.75. The third-order valence-electron chi connectivity index (χ3n) is 8.34. The lowest BCUT2D eigenvalue weighted by molar-refractivity contribution is -0.202. The van der Waals surface area contributed by atoms with Gasteiger partial charge in [0.15, 0.2) is 5.82 Å². The van der Waals surface area contributed by atoms with E-state index in [9.17, 15) is 9.59 Å². The van der Waals surface area contributed by atoms with Crippen LogP contribution in [0.5, 0.6) is 0 Å². The summed E-state index contributed by atoms with van der Waals surface area (Å²) in [5.74, 6) is 1.48. The molecule has 5 saturated carbocycles. The second kappa shape index (κ2) is 7.31. The molecule has 0 radical (unpaired) electrons. The van der Waals surface area contributed by atoms with Crippen LogP contribution in [-0.4, -0.2) is 52.4 Å². The number of carbonyl (C=O) groups excluding carboxylic acids is 2. The first kappa shape index (κ1) is 22.6. The molecule has 1 aromatic carbocycles. The van der Waals surface area contributed by atoms with E-state index in [1.54, 1.807) is 0 Å². The zero-order valence-corrected chi connectivity index (χ0v) is 20.9. The zero-order valence-electron chi connectivity index (χ0n) is 20.9. The third kappa shape index (κ3) is 3.64. The van der Waals surface area contributed by atoms with Crippen molar-refractivity contribution >= 4 is 12.1 Å². The lowest BCUT2D eigenvalue weighted by Gasteiger charge is -2.66. The first-order chi connectivity index (χ1) is 16.6. The van der Waals surface area contributed by atoms with Crippen LogP contribution in [0.4, 0.5) is 4.79 Å². The molecular formula is C27H33N3O5. The summed E-state index contributed by atoms with van der Waals surface area (Å²) in [6.45, 7) is 6.21. The van der Waals surface area contributed by atoms with Gasteiger partial charge in [0.05, 0.1) is 23.4 Å². The molecule has 5 aliphatic carbocycles. The lowest BCUT2D eigenvalue weighted by atomic mass is 9.35. The number of nitrogens with zero attached hydrogens (tertiary/aromatic N) is 3.